The van der Waals surface area contributed by atoms with E-state index in [-0.39, 0.29) is 11.9 Å². The second-order valence-corrected chi connectivity index (χ2v) is 7.79. The van der Waals surface area contributed by atoms with Crippen LogP contribution in [-0.2, 0) is 4.74 Å². The molecule has 2 saturated heterocycles. The molecule has 25 heavy (non-hydrogen) atoms. The molecule has 2 aliphatic heterocycles. The van der Waals surface area contributed by atoms with Crippen molar-refractivity contribution >= 4 is 23.1 Å². The maximum Gasteiger partial charge on any atom is 0.411 e. The minimum Gasteiger partial charge on any atom is -0.446 e. The highest BCUT2D eigenvalue weighted by molar-refractivity contribution is 7.13. The minimum atomic E-state index is -0.460. The number of benzene rings is 1. The van der Waals surface area contributed by atoms with Crippen molar-refractivity contribution in [3.63, 3.8) is 0 Å². The number of carbonyl (C=O) groups is 1. The van der Waals surface area contributed by atoms with Gasteiger partial charge < -0.3 is 9.64 Å². The highest BCUT2D eigenvalue weighted by Gasteiger charge is 2.39. The largest absolute Gasteiger partial charge is 0.446 e. The maximum absolute atomic E-state index is 13.6. The van der Waals surface area contributed by atoms with Gasteiger partial charge in [0.1, 0.15) is 11.9 Å². The zero-order chi connectivity index (χ0) is 17.4. The van der Waals surface area contributed by atoms with Gasteiger partial charge in [-0.3, -0.25) is 5.32 Å². The van der Waals surface area contributed by atoms with Gasteiger partial charge in [-0.1, -0.05) is 6.07 Å². The van der Waals surface area contributed by atoms with Crippen molar-refractivity contribution in [3.8, 4) is 10.4 Å². The van der Waals surface area contributed by atoms with Gasteiger partial charge in [0.15, 0.2) is 0 Å². The molecule has 1 aromatic heterocycles. The Bertz CT molecular complexity index is 751. The number of anilines is 1. The number of nitrogens with one attached hydrogen (secondary N) is 1. The van der Waals surface area contributed by atoms with E-state index in [4.69, 9.17) is 4.74 Å². The topological polar surface area (TPSA) is 41.6 Å². The molecule has 3 heterocycles. The highest BCUT2D eigenvalue weighted by atomic mass is 32.1. The summed E-state index contributed by atoms with van der Waals surface area (Å²) < 4.78 is 19.3. The zero-order valence-corrected chi connectivity index (χ0v) is 14.9. The standard InChI is InChI=1S/C19H21FN2O2S/c1-22-13-5-6-14(22)11-15(10-13)24-19(23)21-17-7-4-12(20)9-16(17)18-3-2-8-25-18/h2-4,7-9,13-15H,5-6,10-11H2,1H3,(H,21,23)/t13-,14+,15+. The molecule has 1 N–H and O–H groups in total. The Balaban J connectivity index is 1.45. The molecule has 2 aliphatic rings. The number of hydrogen-bond acceptors (Lipinski definition) is 4. The summed E-state index contributed by atoms with van der Waals surface area (Å²) in [5.74, 6) is -0.325. The quantitative estimate of drug-likeness (QED) is 0.860. The van der Waals surface area contributed by atoms with Crippen LogP contribution in [0.2, 0.25) is 0 Å². The lowest BCUT2D eigenvalue weighted by molar-refractivity contribution is 0.0348. The molecule has 2 fully saturated rings. The van der Waals surface area contributed by atoms with Crippen LogP contribution in [0.25, 0.3) is 10.4 Å². The maximum atomic E-state index is 13.6. The smallest absolute Gasteiger partial charge is 0.411 e. The molecule has 0 radical (unpaired) electrons. The first kappa shape index (κ1) is 16.5. The van der Waals surface area contributed by atoms with Gasteiger partial charge in [0.25, 0.3) is 0 Å². The summed E-state index contributed by atoms with van der Waals surface area (Å²) in [7, 11) is 2.16. The molecule has 0 aliphatic carbocycles. The van der Waals surface area contributed by atoms with Gasteiger partial charge >= 0.3 is 6.09 Å². The first-order valence-electron chi connectivity index (χ1n) is 8.63. The van der Waals surface area contributed by atoms with E-state index >= 15 is 0 Å². The number of fused-ring (bicyclic) bond motifs is 2. The summed E-state index contributed by atoms with van der Waals surface area (Å²) in [5.41, 5.74) is 1.25. The molecule has 1 amide bonds. The molecular formula is C19H21FN2O2S. The normalized spacial score (nSPS) is 25.8. The lowest BCUT2D eigenvalue weighted by atomic mass is 10.0. The number of amides is 1. The van der Waals surface area contributed by atoms with Crippen LogP contribution < -0.4 is 5.32 Å². The summed E-state index contributed by atoms with van der Waals surface area (Å²) in [4.78, 5) is 15.7. The third kappa shape index (κ3) is 3.41. The molecule has 0 saturated carbocycles. The Morgan fingerprint density at radius 2 is 2.04 bits per heavy atom. The van der Waals surface area contributed by atoms with Crippen molar-refractivity contribution in [2.45, 2.75) is 43.9 Å². The number of thiophene rings is 1. The van der Waals surface area contributed by atoms with Crippen LogP contribution in [0.3, 0.4) is 0 Å². The summed E-state index contributed by atoms with van der Waals surface area (Å²) >= 11 is 1.51. The van der Waals surface area contributed by atoms with Crippen molar-refractivity contribution in [2.75, 3.05) is 12.4 Å². The summed E-state index contributed by atoms with van der Waals surface area (Å²) in [6, 6.07) is 9.23. The van der Waals surface area contributed by atoms with Crippen molar-refractivity contribution in [2.24, 2.45) is 0 Å². The monoisotopic (exact) mass is 360 g/mol. The summed E-state index contributed by atoms with van der Waals surface area (Å²) in [6.45, 7) is 0. The molecule has 1 aromatic carbocycles. The van der Waals surface area contributed by atoms with Crippen LogP contribution in [0.5, 0.6) is 0 Å². The van der Waals surface area contributed by atoms with Crippen molar-refractivity contribution < 1.29 is 13.9 Å². The third-order valence-electron chi connectivity index (χ3n) is 5.33. The molecular weight excluding hydrogens is 339 g/mol. The van der Waals surface area contributed by atoms with Crippen LogP contribution in [0, 0.1) is 5.82 Å². The van der Waals surface area contributed by atoms with Crippen LogP contribution in [-0.4, -0.2) is 36.2 Å². The van der Waals surface area contributed by atoms with E-state index in [1.54, 1.807) is 6.07 Å². The Morgan fingerprint density at radius 1 is 1.28 bits per heavy atom. The minimum absolute atomic E-state index is 0.0423. The molecule has 3 atom stereocenters. The number of piperidine rings is 1. The van der Waals surface area contributed by atoms with Crippen LogP contribution in [0.15, 0.2) is 35.7 Å². The average molecular weight is 360 g/mol. The predicted octanol–water partition coefficient (Wildman–Crippen LogP) is 4.73. The van der Waals surface area contributed by atoms with Crippen LogP contribution in [0.4, 0.5) is 14.9 Å². The Morgan fingerprint density at radius 3 is 2.72 bits per heavy atom. The SMILES string of the molecule is CN1[C@@H]2CC[C@H]1C[C@@H](OC(=O)Nc1ccc(F)cc1-c1cccs1)C2. The lowest BCUT2D eigenvalue weighted by Gasteiger charge is -2.35. The molecule has 0 unspecified atom stereocenters. The number of hydrogen-bond donors (Lipinski definition) is 1. The van der Waals surface area contributed by atoms with Crippen molar-refractivity contribution in [1.29, 1.82) is 0 Å². The molecule has 4 rings (SSSR count). The Kier molecular flexibility index (Phi) is 4.48. The van der Waals surface area contributed by atoms with Gasteiger partial charge in [0.2, 0.25) is 0 Å². The number of ether oxygens (including phenoxy) is 1. The summed E-state index contributed by atoms with van der Waals surface area (Å²) in [5, 5.41) is 4.73. The fraction of sp³-hybridized carbons (Fsp3) is 0.421. The first-order chi connectivity index (χ1) is 12.1. The van der Waals surface area contributed by atoms with Crippen LogP contribution in [0.1, 0.15) is 25.7 Å². The van der Waals surface area contributed by atoms with E-state index in [0.29, 0.717) is 23.3 Å². The van der Waals surface area contributed by atoms with Crippen molar-refractivity contribution in [3.05, 3.63) is 41.5 Å². The number of carbonyl (C=O) groups excluding carboxylic acids is 1. The van der Waals surface area contributed by atoms with E-state index in [2.05, 4.69) is 17.3 Å². The number of rotatable bonds is 3. The van der Waals surface area contributed by atoms with E-state index < -0.39 is 6.09 Å². The van der Waals surface area contributed by atoms with E-state index in [0.717, 1.165) is 17.7 Å². The first-order valence-corrected chi connectivity index (χ1v) is 9.51. The molecule has 2 bridgehead atoms. The predicted molar refractivity (Wildman–Crippen MR) is 97.4 cm³/mol. The Labute approximate surface area is 150 Å². The summed E-state index contributed by atoms with van der Waals surface area (Å²) in [6.07, 6.45) is 3.65. The van der Waals surface area contributed by atoms with E-state index in [1.165, 1.54) is 36.3 Å². The fourth-order valence-electron chi connectivity index (χ4n) is 4.01. The van der Waals surface area contributed by atoms with E-state index in [9.17, 15) is 9.18 Å². The fourth-order valence-corrected chi connectivity index (χ4v) is 4.77. The third-order valence-corrected chi connectivity index (χ3v) is 6.24. The van der Waals surface area contributed by atoms with Gasteiger partial charge in [0.05, 0.1) is 5.69 Å². The molecule has 0 spiro atoms. The zero-order valence-electron chi connectivity index (χ0n) is 14.1. The average Bonchev–Trinajstić information content (AvgIpc) is 3.16. The molecule has 4 nitrogen and oxygen atoms in total. The Hall–Kier alpha value is -1.92. The lowest BCUT2D eigenvalue weighted by Crippen LogP contribution is -2.43. The molecule has 2 aromatic rings. The highest BCUT2D eigenvalue weighted by Crippen LogP contribution is 2.36. The van der Waals surface area contributed by atoms with Crippen molar-refractivity contribution in [1.82, 2.24) is 4.90 Å². The second-order valence-electron chi connectivity index (χ2n) is 6.84. The van der Waals surface area contributed by atoms with Gasteiger partial charge in [-0.05, 0) is 49.5 Å². The molecule has 132 valence electrons. The van der Waals surface area contributed by atoms with Gasteiger partial charge in [-0.25, -0.2) is 9.18 Å². The van der Waals surface area contributed by atoms with Crippen LogP contribution >= 0.6 is 11.3 Å². The second kappa shape index (κ2) is 6.77. The van der Waals surface area contributed by atoms with Gasteiger partial charge in [-0.15, -0.1) is 11.3 Å². The number of nitrogens with zero attached hydrogens (tertiary/aromatic N) is 1. The van der Waals surface area contributed by atoms with Gasteiger partial charge in [0, 0.05) is 35.4 Å². The molecule has 6 heteroatoms. The van der Waals surface area contributed by atoms with Gasteiger partial charge in [-0.2, -0.15) is 0 Å². The number of halogens is 1. The van der Waals surface area contributed by atoms with E-state index in [1.807, 2.05) is 17.5 Å².